The molecular formula is C15H14ClN3O. The van der Waals surface area contributed by atoms with Crippen molar-refractivity contribution in [2.24, 2.45) is 4.99 Å². The van der Waals surface area contributed by atoms with E-state index in [0.29, 0.717) is 22.2 Å². The smallest absolute Gasteiger partial charge is 0.153 e. The predicted molar refractivity (Wildman–Crippen MR) is 83.1 cm³/mol. The highest BCUT2D eigenvalue weighted by Crippen LogP contribution is 2.33. The van der Waals surface area contributed by atoms with Crippen molar-refractivity contribution in [1.82, 2.24) is 0 Å². The molecule has 102 valence electrons. The third kappa shape index (κ3) is 2.42. The zero-order chi connectivity index (χ0) is 14.1. The monoisotopic (exact) mass is 287 g/mol. The molecule has 0 aliphatic carbocycles. The molecule has 0 aromatic heterocycles. The van der Waals surface area contributed by atoms with Crippen molar-refractivity contribution in [1.29, 1.82) is 0 Å². The van der Waals surface area contributed by atoms with Gasteiger partial charge in [-0.05, 0) is 37.3 Å². The Bertz CT molecular complexity index is 685. The second-order valence-corrected chi connectivity index (χ2v) is 5.00. The summed E-state index contributed by atoms with van der Waals surface area (Å²) in [7, 11) is 0. The number of halogens is 1. The van der Waals surface area contributed by atoms with Crippen LogP contribution >= 0.6 is 11.6 Å². The fourth-order valence-electron chi connectivity index (χ4n) is 2.02. The van der Waals surface area contributed by atoms with Crippen LogP contribution in [-0.2, 0) is 0 Å². The normalized spacial score (nSPS) is 19.1. The minimum atomic E-state index is -0.178. The number of rotatable bonds is 1. The van der Waals surface area contributed by atoms with E-state index in [0.717, 1.165) is 11.4 Å². The number of hydrogen-bond acceptors (Lipinski definition) is 3. The molecule has 0 spiro atoms. The van der Waals surface area contributed by atoms with E-state index in [2.05, 4.69) is 10.3 Å². The molecule has 4 nitrogen and oxygen atoms in total. The second-order valence-electron chi connectivity index (χ2n) is 4.59. The fourth-order valence-corrected chi connectivity index (χ4v) is 2.20. The maximum absolute atomic E-state index is 6.12. The number of aliphatic imine (C=N–C) groups is 1. The molecular weight excluding hydrogens is 274 g/mol. The van der Waals surface area contributed by atoms with Gasteiger partial charge in [0.1, 0.15) is 11.6 Å². The van der Waals surface area contributed by atoms with Crippen molar-refractivity contribution < 1.29 is 4.74 Å². The van der Waals surface area contributed by atoms with Gasteiger partial charge in [0.05, 0.1) is 16.4 Å². The lowest BCUT2D eigenvalue weighted by Gasteiger charge is -2.26. The molecule has 3 rings (SSSR count). The standard InChI is InChI=1S/C15H14ClN3O/c1-9-15(18-12-5-3-2-4-11(12)16)19-13-8-10(17)6-7-14(13)20-9/h2-9H,17H2,1H3,(H,18,19). The summed E-state index contributed by atoms with van der Waals surface area (Å²) in [6.45, 7) is 1.93. The van der Waals surface area contributed by atoms with Crippen molar-refractivity contribution in [2.75, 3.05) is 11.1 Å². The third-order valence-electron chi connectivity index (χ3n) is 3.05. The lowest BCUT2D eigenvalue weighted by molar-refractivity contribution is 0.283. The summed E-state index contributed by atoms with van der Waals surface area (Å²) in [6, 6.07) is 12.9. The highest BCUT2D eigenvalue weighted by molar-refractivity contribution is 6.33. The van der Waals surface area contributed by atoms with Gasteiger partial charge in [0, 0.05) is 5.69 Å². The zero-order valence-corrected chi connectivity index (χ0v) is 11.7. The highest BCUT2D eigenvalue weighted by atomic mass is 35.5. The van der Waals surface area contributed by atoms with Crippen molar-refractivity contribution >= 4 is 34.5 Å². The van der Waals surface area contributed by atoms with Crippen LogP contribution in [0.15, 0.2) is 47.5 Å². The Labute approximate surface area is 122 Å². The minimum Gasteiger partial charge on any atom is -0.481 e. The lowest BCUT2D eigenvalue weighted by atomic mass is 10.2. The van der Waals surface area contributed by atoms with Gasteiger partial charge in [-0.3, -0.25) is 0 Å². The van der Waals surface area contributed by atoms with Gasteiger partial charge < -0.3 is 15.8 Å². The van der Waals surface area contributed by atoms with E-state index in [-0.39, 0.29) is 6.10 Å². The van der Waals surface area contributed by atoms with Gasteiger partial charge in [0.2, 0.25) is 0 Å². The number of nitrogens with two attached hydrogens (primary N) is 1. The first kappa shape index (κ1) is 12.8. The summed E-state index contributed by atoms with van der Waals surface area (Å²) in [4.78, 5) is 4.53. The Morgan fingerprint density at radius 1 is 1.25 bits per heavy atom. The molecule has 1 aliphatic heterocycles. The first-order chi connectivity index (χ1) is 9.63. The number of amidine groups is 1. The predicted octanol–water partition coefficient (Wildman–Crippen LogP) is 3.85. The molecule has 1 atom stereocenters. The molecule has 0 bridgehead atoms. The van der Waals surface area contributed by atoms with Crippen molar-refractivity contribution in [3.63, 3.8) is 0 Å². The summed E-state index contributed by atoms with van der Waals surface area (Å²) in [5, 5.41) is 3.85. The number of nitrogens with one attached hydrogen (secondary N) is 1. The molecule has 2 aromatic rings. The maximum Gasteiger partial charge on any atom is 0.153 e. The Hall–Kier alpha value is -2.20. The first-order valence-corrected chi connectivity index (χ1v) is 6.67. The molecule has 0 saturated carbocycles. The van der Waals surface area contributed by atoms with E-state index in [1.807, 2.05) is 43.3 Å². The van der Waals surface area contributed by atoms with E-state index in [4.69, 9.17) is 22.1 Å². The number of anilines is 2. The quantitative estimate of drug-likeness (QED) is 0.783. The van der Waals surface area contributed by atoms with Crippen LogP contribution in [0.1, 0.15) is 6.92 Å². The molecule has 20 heavy (non-hydrogen) atoms. The van der Waals surface area contributed by atoms with Crippen LogP contribution in [0.5, 0.6) is 5.75 Å². The molecule has 1 aliphatic rings. The van der Waals surface area contributed by atoms with Gasteiger partial charge in [-0.1, -0.05) is 23.7 Å². The molecule has 0 fully saturated rings. The van der Waals surface area contributed by atoms with Crippen molar-refractivity contribution in [3.05, 3.63) is 47.5 Å². The Balaban J connectivity index is 1.98. The zero-order valence-electron chi connectivity index (χ0n) is 10.9. The minimum absolute atomic E-state index is 0.178. The summed E-state index contributed by atoms with van der Waals surface area (Å²) in [5.41, 5.74) is 7.98. The Kier molecular flexibility index (Phi) is 3.24. The Morgan fingerprint density at radius 2 is 2.05 bits per heavy atom. The van der Waals surface area contributed by atoms with Crippen molar-refractivity contribution in [3.8, 4) is 5.75 Å². The van der Waals surface area contributed by atoms with Crippen LogP contribution in [0, 0.1) is 0 Å². The molecule has 0 radical (unpaired) electrons. The molecule has 0 amide bonds. The number of benzene rings is 2. The van der Waals surface area contributed by atoms with Gasteiger partial charge in [-0.25, -0.2) is 4.99 Å². The number of nitrogen functional groups attached to an aromatic ring is 1. The number of para-hydroxylation sites is 1. The topological polar surface area (TPSA) is 59.6 Å². The van der Waals surface area contributed by atoms with Gasteiger partial charge in [0.15, 0.2) is 6.10 Å². The lowest BCUT2D eigenvalue weighted by Crippen LogP contribution is -2.34. The largest absolute Gasteiger partial charge is 0.481 e. The molecule has 3 N–H and O–H groups in total. The Morgan fingerprint density at radius 3 is 2.85 bits per heavy atom. The van der Waals surface area contributed by atoms with Gasteiger partial charge in [0.25, 0.3) is 0 Å². The summed E-state index contributed by atoms with van der Waals surface area (Å²) < 4.78 is 5.82. The SMILES string of the molecule is CC1Oc2ccc(N)cc2NC1=Nc1ccccc1Cl. The first-order valence-electron chi connectivity index (χ1n) is 6.30. The molecule has 1 unspecified atom stereocenters. The fraction of sp³-hybridized carbons (Fsp3) is 0.133. The molecule has 2 aromatic carbocycles. The molecule has 0 saturated heterocycles. The number of ether oxygens (including phenoxy) is 1. The van der Waals surface area contributed by atoms with E-state index in [1.54, 1.807) is 6.07 Å². The van der Waals surface area contributed by atoms with Crippen molar-refractivity contribution in [2.45, 2.75) is 13.0 Å². The van der Waals surface area contributed by atoms with Crippen LogP contribution in [0.25, 0.3) is 0 Å². The van der Waals surface area contributed by atoms with E-state index in [1.165, 1.54) is 0 Å². The van der Waals surface area contributed by atoms with Crippen LogP contribution in [0.3, 0.4) is 0 Å². The average Bonchev–Trinajstić information content (AvgIpc) is 2.42. The van der Waals surface area contributed by atoms with Crippen LogP contribution in [0.2, 0.25) is 5.02 Å². The second kappa shape index (κ2) is 5.06. The summed E-state index contributed by atoms with van der Waals surface area (Å²) in [5.74, 6) is 1.47. The van der Waals surface area contributed by atoms with Crippen LogP contribution in [-0.4, -0.2) is 11.9 Å². The van der Waals surface area contributed by atoms with Gasteiger partial charge in [-0.2, -0.15) is 0 Å². The van der Waals surface area contributed by atoms with E-state index < -0.39 is 0 Å². The summed E-state index contributed by atoms with van der Waals surface area (Å²) >= 11 is 6.12. The maximum atomic E-state index is 6.12. The van der Waals surface area contributed by atoms with E-state index in [9.17, 15) is 0 Å². The van der Waals surface area contributed by atoms with E-state index >= 15 is 0 Å². The molecule has 1 heterocycles. The van der Waals surface area contributed by atoms with Crippen LogP contribution in [0.4, 0.5) is 17.1 Å². The van der Waals surface area contributed by atoms with Crippen LogP contribution < -0.4 is 15.8 Å². The summed E-state index contributed by atoms with van der Waals surface area (Å²) in [6.07, 6.45) is -0.178. The third-order valence-corrected chi connectivity index (χ3v) is 3.37. The molecule has 5 heteroatoms. The average molecular weight is 288 g/mol. The number of hydrogen-bond donors (Lipinski definition) is 2. The number of fused-ring (bicyclic) bond motifs is 1. The number of nitrogens with zero attached hydrogens (tertiary/aromatic N) is 1. The van der Waals surface area contributed by atoms with Gasteiger partial charge in [-0.15, -0.1) is 0 Å². The highest BCUT2D eigenvalue weighted by Gasteiger charge is 2.22. The van der Waals surface area contributed by atoms with Gasteiger partial charge >= 0.3 is 0 Å².